The molecule has 3 rings (SSSR count). The van der Waals surface area contributed by atoms with Gasteiger partial charge in [-0.2, -0.15) is 0 Å². The molecule has 0 saturated carbocycles. The number of nitrogens with zero attached hydrogens (tertiary/aromatic N) is 1. The number of sulfonamides is 1. The quantitative estimate of drug-likeness (QED) is 0.512. The summed E-state index contributed by atoms with van der Waals surface area (Å²) in [5, 5.41) is 1.66. The minimum Gasteiger partial charge on any atom is -0.256 e. The molecule has 144 valence electrons. The number of alkyl halides is 1. The number of rotatable bonds is 7. The molecular formula is C20H21F2NO2S2. The number of fused-ring (bicyclic) bond motifs is 1. The molecule has 0 bridgehead atoms. The van der Waals surface area contributed by atoms with Crippen molar-refractivity contribution in [2.45, 2.75) is 33.5 Å². The highest BCUT2D eigenvalue weighted by atomic mass is 32.2. The molecule has 0 saturated heterocycles. The highest BCUT2D eigenvalue weighted by Gasteiger charge is 2.26. The van der Waals surface area contributed by atoms with Crippen LogP contribution >= 0.6 is 11.3 Å². The van der Waals surface area contributed by atoms with Gasteiger partial charge in [0.15, 0.2) is 0 Å². The first-order valence-electron chi connectivity index (χ1n) is 8.69. The SMILES string of the molecule is CCCS(=O)(=O)N(Cc1ccc(F)c(CF)c1)c1sc2ccccc2c1C. The lowest BCUT2D eigenvalue weighted by Gasteiger charge is -2.24. The average Bonchev–Trinajstić information content (AvgIpc) is 2.97. The van der Waals surface area contributed by atoms with Gasteiger partial charge in [0.05, 0.1) is 12.3 Å². The fourth-order valence-corrected chi connectivity index (χ4v) is 6.10. The molecule has 0 aliphatic carbocycles. The second-order valence-electron chi connectivity index (χ2n) is 6.41. The lowest BCUT2D eigenvalue weighted by atomic mass is 10.1. The third kappa shape index (κ3) is 3.99. The standard InChI is InChI=1S/C20H21F2NO2S2/c1-3-10-27(24,25)23(13-15-8-9-18(22)16(11-15)12-21)20-14(2)17-6-4-5-7-19(17)26-20/h4-9,11H,3,10,12-13H2,1-2H3. The lowest BCUT2D eigenvalue weighted by Crippen LogP contribution is -2.32. The summed E-state index contributed by atoms with van der Waals surface area (Å²) >= 11 is 1.42. The molecule has 27 heavy (non-hydrogen) atoms. The van der Waals surface area contributed by atoms with Gasteiger partial charge in [-0.05, 0) is 48.1 Å². The molecule has 3 aromatic rings. The van der Waals surface area contributed by atoms with Crippen molar-refractivity contribution in [3.05, 3.63) is 65.0 Å². The first-order chi connectivity index (χ1) is 12.9. The molecule has 0 unspecified atom stereocenters. The molecule has 0 spiro atoms. The van der Waals surface area contributed by atoms with Crippen molar-refractivity contribution in [2.24, 2.45) is 0 Å². The molecular weight excluding hydrogens is 388 g/mol. The zero-order valence-corrected chi connectivity index (χ0v) is 16.8. The Hall–Kier alpha value is -1.99. The summed E-state index contributed by atoms with van der Waals surface area (Å²) in [5.41, 5.74) is 1.39. The maximum Gasteiger partial charge on any atom is 0.236 e. The van der Waals surface area contributed by atoms with Crippen molar-refractivity contribution in [2.75, 3.05) is 10.1 Å². The second kappa shape index (κ2) is 7.94. The minimum absolute atomic E-state index is 0.0118. The first kappa shape index (κ1) is 19.8. The molecule has 1 aromatic heterocycles. The van der Waals surface area contributed by atoms with E-state index in [-0.39, 0.29) is 17.9 Å². The van der Waals surface area contributed by atoms with Gasteiger partial charge in [0.25, 0.3) is 0 Å². The Balaban J connectivity index is 2.10. The number of benzene rings is 2. The average molecular weight is 410 g/mol. The Bertz CT molecular complexity index is 1060. The zero-order valence-electron chi connectivity index (χ0n) is 15.2. The van der Waals surface area contributed by atoms with Crippen molar-refractivity contribution in [1.82, 2.24) is 0 Å². The third-order valence-electron chi connectivity index (χ3n) is 4.42. The van der Waals surface area contributed by atoms with Crippen LogP contribution in [0.4, 0.5) is 13.8 Å². The van der Waals surface area contributed by atoms with Gasteiger partial charge in [0.1, 0.15) is 17.5 Å². The summed E-state index contributed by atoms with van der Waals surface area (Å²) in [6.45, 7) is 2.83. The van der Waals surface area contributed by atoms with Crippen LogP contribution in [0.1, 0.15) is 30.0 Å². The van der Waals surface area contributed by atoms with Gasteiger partial charge in [0.2, 0.25) is 10.0 Å². The fourth-order valence-electron chi connectivity index (χ4n) is 3.06. The topological polar surface area (TPSA) is 37.4 Å². The van der Waals surface area contributed by atoms with Gasteiger partial charge in [-0.15, -0.1) is 11.3 Å². The van der Waals surface area contributed by atoms with E-state index in [1.54, 1.807) is 0 Å². The van der Waals surface area contributed by atoms with Gasteiger partial charge in [-0.3, -0.25) is 4.31 Å². The van der Waals surface area contributed by atoms with Crippen molar-refractivity contribution < 1.29 is 17.2 Å². The van der Waals surface area contributed by atoms with E-state index >= 15 is 0 Å². The summed E-state index contributed by atoms with van der Waals surface area (Å²) < 4.78 is 55.0. The van der Waals surface area contributed by atoms with Gasteiger partial charge in [-0.25, -0.2) is 17.2 Å². The van der Waals surface area contributed by atoms with Crippen LogP contribution in [-0.2, 0) is 23.2 Å². The maximum atomic E-state index is 13.6. The van der Waals surface area contributed by atoms with E-state index in [9.17, 15) is 17.2 Å². The van der Waals surface area contributed by atoms with Crippen LogP contribution in [-0.4, -0.2) is 14.2 Å². The van der Waals surface area contributed by atoms with Crippen molar-refractivity contribution in [1.29, 1.82) is 0 Å². The molecule has 0 amide bonds. The monoisotopic (exact) mass is 409 g/mol. The molecule has 7 heteroatoms. The smallest absolute Gasteiger partial charge is 0.236 e. The van der Waals surface area contributed by atoms with Crippen LogP contribution in [0.15, 0.2) is 42.5 Å². The van der Waals surface area contributed by atoms with Crippen molar-refractivity contribution >= 4 is 36.4 Å². The molecule has 0 radical (unpaired) electrons. The zero-order chi connectivity index (χ0) is 19.6. The van der Waals surface area contributed by atoms with Crippen LogP contribution < -0.4 is 4.31 Å². The summed E-state index contributed by atoms with van der Waals surface area (Å²) in [6, 6.07) is 11.9. The predicted molar refractivity (Wildman–Crippen MR) is 108 cm³/mol. The second-order valence-corrected chi connectivity index (χ2v) is 9.45. The first-order valence-corrected chi connectivity index (χ1v) is 11.1. The number of aryl methyl sites for hydroxylation is 1. The minimum atomic E-state index is -3.57. The van der Waals surface area contributed by atoms with E-state index in [2.05, 4.69) is 0 Å². The summed E-state index contributed by atoms with van der Waals surface area (Å²) in [4.78, 5) is 0. The number of hydrogen-bond acceptors (Lipinski definition) is 3. The Morgan fingerprint density at radius 2 is 1.89 bits per heavy atom. The fraction of sp³-hybridized carbons (Fsp3) is 0.300. The van der Waals surface area contributed by atoms with E-state index in [1.807, 2.05) is 38.1 Å². The molecule has 0 N–H and O–H groups in total. The Labute approximate surface area is 162 Å². The maximum absolute atomic E-state index is 13.6. The van der Waals surface area contributed by atoms with E-state index in [1.165, 1.54) is 33.8 Å². The number of hydrogen-bond donors (Lipinski definition) is 0. The highest BCUT2D eigenvalue weighted by Crippen LogP contribution is 2.39. The molecule has 0 atom stereocenters. The summed E-state index contributed by atoms with van der Waals surface area (Å²) in [6.07, 6.45) is 0.488. The van der Waals surface area contributed by atoms with Gasteiger partial charge >= 0.3 is 0 Å². The predicted octanol–water partition coefficient (Wildman–Crippen LogP) is 5.56. The number of thiophene rings is 1. The molecule has 0 fully saturated rings. The molecule has 3 nitrogen and oxygen atoms in total. The lowest BCUT2D eigenvalue weighted by molar-refractivity contribution is 0.463. The van der Waals surface area contributed by atoms with E-state index < -0.39 is 22.5 Å². The normalized spacial score (nSPS) is 11.9. The van der Waals surface area contributed by atoms with E-state index in [0.29, 0.717) is 17.0 Å². The Morgan fingerprint density at radius 1 is 1.15 bits per heavy atom. The van der Waals surface area contributed by atoms with Crippen LogP contribution in [0.3, 0.4) is 0 Å². The summed E-state index contributed by atoms with van der Waals surface area (Å²) in [7, 11) is -3.57. The molecule has 1 heterocycles. The highest BCUT2D eigenvalue weighted by molar-refractivity contribution is 7.93. The third-order valence-corrected chi connectivity index (χ3v) is 7.74. The van der Waals surface area contributed by atoms with Crippen molar-refractivity contribution in [3.8, 4) is 0 Å². The largest absolute Gasteiger partial charge is 0.256 e. The van der Waals surface area contributed by atoms with Gasteiger partial charge in [0, 0.05) is 10.3 Å². The van der Waals surface area contributed by atoms with Crippen LogP contribution in [0.2, 0.25) is 0 Å². The van der Waals surface area contributed by atoms with E-state index in [0.717, 1.165) is 15.6 Å². The van der Waals surface area contributed by atoms with Crippen LogP contribution in [0.25, 0.3) is 10.1 Å². The molecule has 2 aromatic carbocycles. The molecule has 0 aliphatic heterocycles. The Kier molecular flexibility index (Phi) is 5.81. The summed E-state index contributed by atoms with van der Waals surface area (Å²) in [5.74, 6) is -0.611. The van der Waals surface area contributed by atoms with Gasteiger partial charge < -0.3 is 0 Å². The van der Waals surface area contributed by atoms with Gasteiger partial charge in [-0.1, -0.05) is 31.2 Å². The Morgan fingerprint density at radius 3 is 2.56 bits per heavy atom. The van der Waals surface area contributed by atoms with Crippen LogP contribution in [0.5, 0.6) is 0 Å². The van der Waals surface area contributed by atoms with E-state index in [4.69, 9.17) is 0 Å². The number of halogens is 2. The van der Waals surface area contributed by atoms with Crippen LogP contribution in [0, 0.1) is 12.7 Å². The molecule has 0 aliphatic rings. The van der Waals surface area contributed by atoms with Crippen molar-refractivity contribution in [3.63, 3.8) is 0 Å². The number of anilines is 1.